The van der Waals surface area contributed by atoms with E-state index < -0.39 is 17.5 Å². The monoisotopic (exact) mass is 498 g/mol. The van der Waals surface area contributed by atoms with Gasteiger partial charge < -0.3 is 10.2 Å². The number of nitrogens with zero attached hydrogens (tertiary/aromatic N) is 3. The van der Waals surface area contributed by atoms with Gasteiger partial charge in [-0.2, -0.15) is 0 Å². The molecule has 1 aromatic heterocycles. The van der Waals surface area contributed by atoms with Gasteiger partial charge in [0, 0.05) is 19.0 Å². The van der Waals surface area contributed by atoms with E-state index in [0.29, 0.717) is 18.7 Å². The number of nitrogens with one attached hydrogen (secondary N) is 1. The first-order chi connectivity index (χ1) is 17.4. The normalized spacial score (nSPS) is 22.4. The molecule has 2 aliphatic rings. The molecule has 2 unspecified atom stereocenters. The second-order valence-corrected chi connectivity index (χ2v) is 10.8. The Labute approximate surface area is 212 Å². The number of amides is 4. The Morgan fingerprint density at radius 2 is 1.86 bits per heavy atom. The lowest BCUT2D eigenvalue weighted by molar-refractivity contribution is -0.139. The van der Waals surface area contributed by atoms with E-state index in [1.165, 1.54) is 0 Å². The van der Waals surface area contributed by atoms with Crippen LogP contribution in [0, 0.1) is 0 Å². The van der Waals surface area contributed by atoms with Gasteiger partial charge in [-0.05, 0) is 54.3 Å². The smallest absolute Gasteiger partial charge is 0.325 e. The maximum absolute atomic E-state index is 13.4. The van der Waals surface area contributed by atoms with Gasteiger partial charge in [0.15, 0.2) is 0 Å². The summed E-state index contributed by atoms with van der Waals surface area (Å²) < 4.78 is 1.14. The van der Waals surface area contributed by atoms with Crippen LogP contribution in [0.3, 0.4) is 0 Å². The summed E-state index contributed by atoms with van der Waals surface area (Å²) >= 11 is 1.67. The van der Waals surface area contributed by atoms with Crippen LogP contribution in [-0.4, -0.2) is 52.3 Å². The van der Waals surface area contributed by atoms with E-state index >= 15 is 0 Å². The SMILES string of the molecule is CC1(c2ccc3ccccc3c2)NC(=O)N(CC(=O)N2CCCC(c3nc4ccccc4s3)C2)C1=O. The first kappa shape index (κ1) is 22.7. The van der Waals surface area contributed by atoms with Crippen LogP contribution < -0.4 is 5.32 Å². The lowest BCUT2D eigenvalue weighted by Gasteiger charge is -2.32. The van der Waals surface area contributed by atoms with E-state index in [2.05, 4.69) is 11.4 Å². The van der Waals surface area contributed by atoms with Gasteiger partial charge in [0.2, 0.25) is 5.91 Å². The van der Waals surface area contributed by atoms with Crippen LogP contribution in [0.25, 0.3) is 21.0 Å². The van der Waals surface area contributed by atoms with E-state index in [1.807, 2.05) is 60.7 Å². The summed E-state index contributed by atoms with van der Waals surface area (Å²) in [5.41, 5.74) is 0.462. The molecule has 2 fully saturated rings. The molecule has 182 valence electrons. The van der Waals surface area contributed by atoms with Crippen LogP contribution in [0.2, 0.25) is 0 Å². The van der Waals surface area contributed by atoms with Crippen molar-refractivity contribution in [2.75, 3.05) is 19.6 Å². The van der Waals surface area contributed by atoms with E-state index in [-0.39, 0.29) is 18.4 Å². The number of thiazole rings is 1. The maximum Gasteiger partial charge on any atom is 0.325 e. The molecule has 7 nitrogen and oxygen atoms in total. The standard InChI is InChI=1S/C28H26N4O3S/c1-28(21-13-12-18-7-2-3-8-19(18)15-21)26(34)32(27(35)30-28)17-24(33)31-14-6-9-20(16-31)25-29-22-10-4-5-11-23(22)36-25/h2-5,7-8,10-13,15,20H,6,9,14,16-17H2,1H3,(H,30,35). The Bertz CT molecular complexity index is 1480. The molecule has 8 heteroatoms. The zero-order valence-corrected chi connectivity index (χ0v) is 20.8. The van der Waals surface area contributed by atoms with Crippen molar-refractivity contribution < 1.29 is 14.4 Å². The third-order valence-electron chi connectivity index (χ3n) is 7.33. The third kappa shape index (κ3) is 3.82. The van der Waals surface area contributed by atoms with Crippen molar-refractivity contribution >= 4 is 50.2 Å². The number of rotatable bonds is 4. The maximum atomic E-state index is 13.4. The molecule has 4 aromatic rings. The van der Waals surface area contributed by atoms with Crippen LogP contribution >= 0.6 is 11.3 Å². The van der Waals surface area contributed by atoms with Gasteiger partial charge in [-0.15, -0.1) is 11.3 Å². The van der Waals surface area contributed by atoms with Gasteiger partial charge in [0.1, 0.15) is 12.1 Å². The number of imide groups is 1. The summed E-state index contributed by atoms with van der Waals surface area (Å²) in [5, 5.41) is 5.91. The number of urea groups is 1. The Morgan fingerprint density at radius 1 is 1.08 bits per heavy atom. The van der Waals surface area contributed by atoms with Crippen molar-refractivity contribution in [2.45, 2.75) is 31.2 Å². The van der Waals surface area contributed by atoms with Gasteiger partial charge in [-0.3, -0.25) is 14.5 Å². The number of benzene rings is 3. The Morgan fingerprint density at radius 3 is 2.69 bits per heavy atom. The molecule has 0 saturated carbocycles. The Kier molecular flexibility index (Phi) is 5.48. The molecule has 1 N–H and O–H groups in total. The second kappa shape index (κ2) is 8.71. The molecule has 36 heavy (non-hydrogen) atoms. The molecule has 2 aliphatic heterocycles. The first-order valence-electron chi connectivity index (χ1n) is 12.2. The summed E-state index contributed by atoms with van der Waals surface area (Å²) in [6.45, 7) is 2.60. The van der Waals surface area contributed by atoms with Crippen LogP contribution in [0.1, 0.15) is 36.3 Å². The molecule has 0 radical (unpaired) electrons. The fraction of sp³-hybridized carbons (Fsp3) is 0.286. The van der Waals surface area contributed by atoms with E-state index in [1.54, 1.807) is 23.2 Å². The molecule has 6 rings (SSSR count). The molecule has 3 heterocycles. The number of hydrogen-bond acceptors (Lipinski definition) is 5. The summed E-state index contributed by atoms with van der Waals surface area (Å²) in [7, 11) is 0. The molecule has 3 aromatic carbocycles. The lowest BCUT2D eigenvalue weighted by Crippen LogP contribution is -2.47. The van der Waals surface area contributed by atoms with Crippen molar-refractivity contribution in [3.63, 3.8) is 0 Å². The van der Waals surface area contributed by atoms with Gasteiger partial charge in [0.25, 0.3) is 5.91 Å². The number of carbonyl (C=O) groups is 3. The molecule has 0 bridgehead atoms. The highest BCUT2D eigenvalue weighted by molar-refractivity contribution is 7.18. The first-order valence-corrected chi connectivity index (χ1v) is 13.0. The quantitative estimate of drug-likeness (QED) is 0.416. The van der Waals surface area contributed by atoms with Crippen LogP contribution in [-0.2, 0) is 15.1 Å². The molecular formula is C28H26N4O3S. The number of para-hydroxylation sites is 1. The fourth-order valence-corrected chi connectivity index (χ4v) is 6.33. The highest BCUT2D eigenvalue weighted by atomic mass is 32.1. The van der Waals surface area contributed by atoms with Crippen LogP contribution in [0.15, 0.2) is 66.7 Å². The minimum Gasteiger partial charge on any atom is -0.340 e. The lowest BCUT2D eigenvalue weighted by atomic mass is 9.90. The molecule has 0 aliphatic carbocycles. The van der Waals surface area contributed by atoms with Gasteiger partial charge >= 0.3 is 6.03 Å². The number of fused-ring (bicyclic) bond motifs is 2. The predicted molar refractivity (Wildman–Crippen MR) is 140 cm³/mol. The summed E-state index contributed by atoms with van der Waals surface area (Å²) in [6, 6.07) is 21.1. The topological polar surface area (TPSA) is 82.6 Å². The molecule has 0 spiro atoms. The number of aromatic nitrogens is 1. The van der Waals surface area contributed by atoms with E-state index in [9.17, 15) is 14.4 Å². The van der Waals surface area contributed by atoms with Gasteiger partial charge in [-0.1, -0.05) is 48.5 Å². The van der Waals surface area contributed by atoms with E-state index in [0.717, 1.165) is 43.7 Å². The Balaban J connectivity index is 1.18. The zero-order valence-electron chi connectivity index (χ0n) is 19.9. The van der Waals surface area contributed by atoms with Crippen molar-refractivity contribution in [1.29, 1.82) is 0 Å². The van der Waals surface area contributed by atoms with Crippen molar-refractivity contribution in [1.82, 2.24) is 20.1 Å². The van der Waals surface area contributed by atoms with Gasteiger partial charge in [0.05, 0.1) is 15.2 Å². The zero-order chi connectivity index (χ0) is 24.9. The fourth-order valence-electron chi connectivity index (χ4n) is 5.24. The second-order valence-electron chi connectivity index (χ2n) is 9.71. The third-order valence-corrected chi connectivity index (χ3v) is 8.53. The summed E-state index contributed by atoms with van der Waals surface area (Å²) in [6.07, 6.45) is 1.83. The van der Waals surface area contributed by atoms with Gasteiger partial charge in [-0.25, -0.2) is 9.78 Å². The molecule has 2 atom stereocenters. The highest BCUT2D eigenvalue weighted by Crippen LogP contribution is 2.34. The average molecular weight is 499 g/mol. The predicted octanol–water partition coefficient (Wildman–Crippen LogP) is 4.62. The number of hydrogen-bond donors (Lipinski definition) is 1. The largest absolute Gasteiger partial charge is 0.340 e. The van der Waals surface area contributed by atoms with Crippen LogP contribution in [0.5, 0.6) is 0 Å². The highest BCUT2D eigenvalue weighted by Gasteiger charge is 2.50. The molecular weight excluding hydrogens is 472 g/mol. The number of likely N-dealkylation sites (tertiary alicyclic amines) is 1. The van der Waals surface area contributed by atoms with E-state index in [4.69, 9.17) is 4.98 Å². The average Bonchev–Trinajstić information content (AvgIpc) is 3.43. The van der Waals surface area contributed by atoms with Crippen molar-refractivity contribution in [3.05, 3.63) is 77.3 Å². The number of piperidine rings is 1. The molecule has 2 saturated heterocycles. The number of carbonyl (C=O) groups excluding carboxylic acids is 3. The Hall–Kier alpha value is -3.78. The van der Waals surface area contributed by atoms with Crippen LogP contribution in [0.4, 0.5) is 4.79 Å². The minimum absolute atomic E-state index is 0.158. The van der Waals surface area contributed by atoms with Crippen molar-refractivity contribution in [3.8, 4) is 0 Å². The minimum atomic E-state index is -1.22. The summed E-state index contributed by atoms with van der Waals surface area (Å²) in [4.78, 5) is 47.2. The summed E-state index contributed by atoms with van der Waals surface area (Å²) in [5.74, 6) is -0.464. The molecule has 4 amide bonds. The van der Waals surface area contributed by atoms with Crippen molar-refractivity contribution in [2.24, 2.45) is 0 Å².